The molecular formula is C12H21NO. The molecule has 80 valence electrons. The van der Waals surface area contributed by atoms with Gasteiger partial charge in [0.05, 0.1) is 18.2 Å². The van der Waals surface area contributed by atoms with Crippen molar-refractivity contribution in [2.75, 3.05) is 7.05 Å². The van der Waals surface area contributed by atoms with E-state index in [1.807, 2.05) is 0 Å². The number of rotatable bonds is 3. The van der Waals surface area contributed by atoms with Crippen LogP contribution < -0.4 is 5.32 Å². The van der Waals surface area contributed by atoms with Crippen LogP contribution >= 0.6 is 0 Å². The molecule has 14 heavy (non-hydrogen) atoms. The van der Waals surface area contributed by atoms with Crippen molar-refractivity contribution in [3.8, 4) is 0 Å². The molecule has 3 atom stereocenters. The molecule has 1 heterocycles. The van der Waals surface area contributed by atoms with Crippen molar-refractivity contribution >= 4 is 0 Å². The fourth-order valence-electron chi connectivity index (χ4n) is 2.67. The van der Waals surface area contributed by atoms with E-state index in [-0.39, 0.29) is 0 Å². The van der Waals surface area contributed by atoms with E-state index < -0.39 is 0 Å². The Morgan fingerprint density at radius 2 is 2.36 bits per heavy atom. The molecule has 1 aliphatic carbocycles. The number of hydrogen-bond donors (Lipinski definition) is 1. The molecule has 0 bridgehead atoms. The zero-order valence-electron chi connectivity index (χ0n) is 9.25. The predicted octanol–water partition coefficient (Wildman–Crippen LogP) is 2.25. The molecule has 1 N–H and O–H groups in total. The van der Waals surface area contributed by atoms with Crippen LogP contribution in [0.25, 0.3) is 0 Å². The van der Waals surface area contributed by atoms with Crippen LogP contribution in [-0.4, -0.2) is 25.3 Å². The third-order valence-electron chi connectivity index (χ3n) is 3.42. The lowest BCUT2D eigenvalue weighted by Crippen LogP contribution is -2.38. The second-order valence-electron chi connectivity index (χ2n) is 4.50. The number of allylic oxidation sites excluding steroid dienone is 1. The van der Waals surface area contributed by atoms with Crippen LogP contribution in [0.5, 0.6) is 0 Å². The van der Waals surface area contributed by atoms with Crippen LogP contribution in [0.2, 0.25) is 0 Å². The maximum Gasteiger partial charge on any atom is 0.0770 e. The highest BCUT2D eigenvalue weighted by Gasteiger charge is 2.31. The summed E-state index contributed by atoms with van der Waals surface area (Å²) >= 11 is 0. The Morgan fingerprint density at radius 3 is 2.86 bits per heavy atom. The van der Waals surface area contributed by atoms with E-state index >= 15 is 0 Å². The Hall–Kier alpha value is -0.340. The fourth-order valence-corrected chi connectivity index (χ4v) is 2.67. The summed E-state index contributed by atoms with van der Waals surface area (Å²) in [4.78, 5) is 0. The minimum Gasteiger partial charge on any atom is -0.373 e. The second-order valence-corrected chi connectivity index (χ2v) is 4.50. The van der Waals surface area contributed by atoms with Gasteiger partial charge in [-0.25, -0.2) is 0 Å². The standard InChI is InChI=1S/C12H21NO/c1-9-7-8-11(14-9)12(13-2)10-5-3-4-6-10/h5,9,11-13H,3-4,6-8H2,1-2H3. The molecule has 0 aromatic rings. The second kappa shape index (κ2) is 4.45. The van der Waals surface area contributed by atoms with Gasteiger partial charge in [-0.05, 0) is 46.1 Å². The molecular weight excluding hydrogens is 174 g/mol. The molecule has 1 saturated heterocycles. The zero-order valence-corrected chi connectivity index (χ0v) is 9.25. The predicted molar refractivity (Wildman–Crippen MR) is 58.4 cm³/mol. The lowest BCUT2D eigenvalue weighted by molar-refractivity contribution is 0.0407. The van der Waals surface area contributed by atoms with Gasteiger partial charge in [0.1, 0.15) is 0 Å². The van der Waals surface area contributed by atoms with Crippen molar-refractivity contribution in [1.82, 2.24) is 5.32 Å². The smallest absolute Gasteiger partial charge is 0.0770 e. The van der Waals surface area contributed by atoms with Gasteiger partial charge in [0, 0.05) is 0 Å². The number of hydrogen-bond acceptors (Lipinski definition) is 2. The van der Waals surface area contributed by atoms with Crippen molar-refractivity contribution in [1.29, 1.82) is 0 Å². The maximum atomic E-state index is 5.92. The molecule has 2 heteroatoms. The van der Waals surface area contributed by atoms with Crippen LogP contribution in [0.4, 0.5) is 0 Å². The maximum absolute atomic E-state index is 5.92. The van der Waals surface area contributed by atoms with E-state index in [0.29, 0.717) is 18.2 Å². The lowest BCUT2D eigenvalue weighted by Gasteiger charge is -2.24. The van der Waals surface area contributed by atoms with Crippen molar-refractivity contribution in [2.45, 2.75) is 57.3 Å². The number of nitrogens with one attached hydrogen (secondary N) is 1. The van der Waals surface area contributed by atoms with Gasteiger partial charge in [-0.3, -0.25) is 0 Å². The first-order chi connectivity index (χ1) is 6.81. The first-order valence-corrected chi connectivity index (χ1v) is 5.83. The van der Waals surface area contributed by atoms with Crippen molar-refractivity contribution in [3.63, 3.8) is 0 Å². The monoisotopic (exact) mass is 195 g/mol. The first kappa shape index (κ1) is 10.2. The van der Waals surface area contributed by atoms with E-state index in [0.717, 1.165) is 0 Å². The van der Waals surface area contributed by atoms with Crippen LogP contribution in [-0.2, 0) is 4.74 Å². The molecule has 0 aromatic heterocycles. The third kappa shape index (κ3) is 2.01. The highest BCUT2D eigenvalue weighted by molar-refractivity contribution is 5.17. The number of ether oxygens (including phenoxy) is 1. The molecule has 0 radical (unpaired) electrons. The first-order valence-electron chi connectivity index (χ1n) is 5.83. The van der Waals surface area contributed by atoms with E-state index in [1.165, 1.54) is 32.1 Å². The summed E-state index contributed by atoms with van der Waals surface area (Å²) in [5.74, 6) is 0. The summed E-state index contributed by atoms with van der Waals surface area (Å²) in [6.45, 7) is 2.18. The molecule has 2 aliphatic rings. The van der Waals surface area contributed by atoms with Gasteiger partial charge in [0.15, 0.2) is 0 Å². The summed E-state index contributed by atoms with van der Waals surface area (Å²) < 4.78 is 5.92. The summed E-state index contributed by atoms with van der Waals surface area (Å²) in [6.07, 6.45) is 9.55. The molecule has 3 unspecified atom stereocenters. The van der Waals surface area contributed by atoms with Crippen LogP contribution in [0.15, 0.2) is 11.6 Å². The Bertz CT molecular complexity index is 224. The molecule has 0 spiro atoms. The van der Waals surface area contributed by atoms with Crippen LogP contribution in [0, 0.1) is 0 Å². The quantitative estimate of drug-likeness (QED) is 0.697. The minimum absolute atomic E-state index is 0.416. The zero-order chi connectivity index (χ0) is 9.97. The van der Waals surface area contributed by atoms with Gasteiger partial charge < -0.3 is 10.1 Å². The molecule has 1 fully saturated rings. The molecule has 0 amide bonds. The summed E-state index contributed by atoms with van der Waals surface area (Å²) in [6, 6.07) is 0.474. The molecule has 0 saturated carbocycles. The number of likely N-dealkylation sites (N-methyl/N-ethyl adjacent to an activating group) is 1. The Labute approximate surface area is 86.7 Å². The lowest BCUT2D eigenvalue weighted by atomic mass is 9.99. The van der Waals surface area contributed by atoms with Gasteiger partial charge in [-0.2, -0.15) is 0 Å². The van der Waals surface area contributed by atoms with Crippen molar-refractivity contribution in [2.24, 2.45) is 0 Å². The van der Waals surface area contributed by atoms with Gasteiger partial charge in [-0.15, -0.1) is 0 Å². The third-order valence-corrected chi connectivity index (χ3v) is 3.42. The average molecular weight is 195 g/mol. The van der Waals surface area contributed by atoms with Crippen molar-refractivity contribution in [3.05, 3.63) is 11.6 Å². The molecule has 0 aromatic carbocycles. The Morgan fingerprint density at radius 1 is 1.50 bits per heavy atom. The van der Waals surface area contributed by atoms with Crippen molar-refractivity contribution < 1.29 is 4.74 Å². The highest BCUT2D eigenvalue weighted by atomic mass is 16.5. The Balaban J connectivity index is 1.98. The minimum atomic E-state index is 0.416. The topological polar surface area (TPSA) is 21.3 Å². The fraction of sp³-hybridized carbons (Fsp3) is 0.833. The summed E-state index contributed by atoms with van der Waals surface area (Å²) in [5, 5.41) is 3.41. The van der Waals surface area contributed by atoms with E-state index in [2.05, 4.69) is 25.4 Å². The summed E-state index contributed by atoms with van der Waals surface area (Å²) in [7, 11) is 2.05. The normalized spacial score (nSPS) is 34.6. The van der Waals surface area contributed by atoms with E-state index in [4.69, 9.17) is 4.74 Å². The van der Waals surface area contributed by atoms with Crippen LogP contribution in [0.1, 0.15) is 39.0 Å². The summed E-state index contributed by atoms with van der Waals surface area (Å²) in [5.41, 5.74) is 1.58. The van der Waals surface area contributed by atoms with E-state index in [9.17, 15) is 0 Å². The van der Waals surface area contributed by atoms with Crippen LogP contribution in [0.3, 0.4) is 0 Å². The van der Waals surface area contributed by atoms with E-state index in [1.54, 1.807) is 5.57 Å². The van der Waals surface area contributed by atoms with Gasteiger partial charge >= 0.3 is 0 Å². The van der Waals surface area contributed by atoms with Gasteiger partial charge in [0.25, 0.3) is 0 Å². The SMILES string of the molecule is CNC(C1=CCCC1)C1CCC(C)O1. The average Bonchev–Trinajstić information content (AvgIpc) is 2.79. The molecule has 2 nitrogen and oxygen atoms in total. The Kier molecular flexibility index (Phi) is 3.24. The van der Waals surface area contributed by atoms with Gasteiger partial charge in [0.2, 0.25) is 0 Å². The highest BCUT2D eigenvalue weighted by Crippen LogP contribution is 2.29. The largest absolute Gasteiger partial charge is 0.373 e. The van der Waals surface area contributed by atoms with Gasteiger partial charge in [-0.1, -0.05) is 11.6 Å². The molecule has 2 rings (SSSR count). The molecule has 1 aliphatic heterocycles.